The smallest absolute Gasteiger partial charge is 0.407 e. The first-order valence-electron chi connectivity index (χ1n) is 7.06. The van der Waals surface area contributed by atoms with E-state index in [9.17, 15) is 4.79 Å². The SMILES string of the molecule is CC(C)(C)OC(=O)NCC[C@H]1C[C@H]2C[C@H]1C1OC12. The fraction of sp³-hybridized carbons (Fsp3) is 0.929. The summed E-state index contributed by atoms with van der Waals surface area (Å²) in [4.78, 5) is 11.5. The normalized spacial score (nSPS) is 40.5. The minimum Gasteiger partial charge on any atom is -0.444 e. The Labute approximate surface area is 108 Å². The second-order valence-corrected chi connectivity index (χ2v) is 6.94. The van der Waals surface area contributed by atoms with Crippen molar-refractivity contribution in [2.45, 2.75) is 57.8 Å². The molecule has 1 aliphatic heterocycles. The molecule has 4 nitrogen and oxygen atoms in total. The molecule has 3 fully saturated rings. The van der Waals surface area contributed by atoms with Gasteiger partial charge in [0.15, 0.2) is 0 Å². The van der Waals surface area contributed by atoms with E-state index in [0.29, 0.717) is 12.2 Å². The Morgan fingerprint density at radius 1 is 1.33 bits per heavy atom. The molecule has 2 unspecified atom stereocenters. The number of amides is 1. The fourth-order valence-electron chi connectivity index (χ4n) is 3.74. The summed E-state index contributed by atoms with van der Waals surface area (Å²) in [6, 6.07) is 0. The molecule has 0 aromatic heterocycles. The molecule has 1 heterocycles. The number of fused-ring (bicyclic) bond motifs is 5. The lowest BCUT2D eigenvalue weighted by atomic mass is 9.86. The van der Waals surface area contributed by atoms with Crippen LogP contribution in [0.25, 0.3) is 0 Å². The zero-order valence-electron chi connectivity index (χ0n) is 11.4. The third kappa shape index (κ3) is 2.35. The van der Waals surface area contributed by atoms with Gasteiger partial charge in [-0.05, 0) is 57.8 Å². The number of carbonyl (C=O) groups excluding carboxylic acids is 1. The van der Waals surface area contributed by atoms with Crippen molar-refractivity contribution in [3.8, 4) is 0 Å². The zero-order valence-corrected chi connectivity index (χ0v) is 11.4. The highest BCUT2D eigenvalue weighted by Crippen LogP contribution is 2.59. The Morgan fingerprint density at radius 2 is 2.11 bits per heavy atom. The first-order valence-corrected chi connectivity index (χ1v) is 7.06. The molecule has 0 spiro atoms. The van der Waals surface area contributed by atoms with Crippen molar-refractivity contribution >= 4 is 6.09 Å². The molecule has 0 aromatic rings. The first-order chi connectivity index (χ1) is 8.44. The van der Waals surface area contributed by atoms with E-state index < -0.39 is 5.60 Å². The molecule has 1 N–H and O–H groups in total. The minimum atomic E-state index is -0.411. The summed E-state index contributed by atoms with van der Waals surface area (Å²) in [6.07, 6.45) is 4.58. The number of rotatable bonds is 3. The molecular weight excluding hydrogens is 230 g/mol. The van der Waals surface area contributed by atoms with E-state index in [0.717, 1.165) is 30.7 Å². The maximum absolute atomic E-state index is 11.5. The number of hydrogen-bond donors (Lipinski definition) is 1. The van der Waals surface area contributed by atoms with E-state index in [1.54, 1.807) is 0 Å². The molecule has 0 aromatic carbocycles. The van der Waals surface area contributed by atoms with Gasteiger partial charge >= 0.3 is 6.09 Å². The molecule has 18 heavy (non-hydrogen) atoms. The zero-order chi connectivity index (χ0) is 12.9. The van der Waals surface area contributed by atoms with Gasteiger partial charge < -0.3 is 14.8 Å². The number of nitrogens with one attached hydrogen (secondary N) is 1. The summed E-state index contributed by atoms with van der Waals surface area (Å²) in [6.45, 7) is 6.37. The molecular formula is C14H23NO3. The van der Waals surface area contributed by atoms with E-state index in [-0.39, 0.29) is 6.09 Å². The van der Waals surface area contributed by atoms with Gasteiger partial charge in [-0.25, -0.2) is 4.79 Å². The van der Waals surface area contributed by atoms with Crippen LogP contribution in [0.1, 0.15) is 40.0 Å². The number of carbonyl (C=O) groups is 1. The van der Waals surface area contributed by atoms with Gasteiger partial charge in [-0.3, -0.25) is 0 Å². The molecule has 1 saturated heterocycles. The summed E-state index contributed by atoms with van der Waals surface area (Å²) >= 11 is 0. The van der Waals surface area contributed by atoms with E-state index in [1.165, 1.54) is 12.8 Å². The van der Waals surface area contributed by atoms with Crippen LogP contribution < -0.4 is 5.32 Å². The van der Waals surface area contributed by atoms with Crippen LogP contribution in [0.15, 0.2) is 0 Å². The molecule has 2 aliphatic carbocycles. The number of ether oxygens (including phenoxy) is 2. The Balaban J connectivity index is 1.37. The van der Waals surface area contributed by atoms with Crippen molar-refractivity contribution in [2.75, 3.05) is 6.54 Å². The van der Waals surface area contributed by atoms with Gasteiger partial charge in [0.1, 0.15) is 5.60 Å². The van der Waals surface area contributed by atoms with Crippen LogP contribution in [-0.2, 0) is 9.47 Å². The minimum absolute atomic E-state index is 0.300. The van der Waals surface area contributed by atoms with Crippen LogP contribution in [0, 0.1) is 17.8 Å². The van der Waals surface area contributed by atoms with Crippen molar-refractivity contribution < 1.29 is 14.3 Å². The first kappa shape index (κ1) is 12.3. The average Bonchev–Trinajstić information content (AvgIpc) is 2.84. The van der Waals surface area contributed by atoms with Gasteiger partial charge in [-0.2, -0.15) is 0 Å². The van der Waals surface area contributed by atoms with Gasteiger partial charge in [0.2, 0.25) is 0 Å². The topological polar surface area (TPSA) is 50.9 Å². The van der Waals surface area contributed by atoms with Crippen molar-refractivity contribution in [1.29, 1.82) is 0 Å². The van der Waals surface area contributed by atoms with Crippen LogP contribution in [-0.4, -0.2) is 30.4 Å². The van der Waals surface area contributed by atoms with Crippen LogP contribution in [0.4, 0.5) is 4.79 Å². The quantitative estimate of drug-likeness (QED) is 0.785. The number of epoxide rings is 1. The highest BCUT2D eigenvalue weighted by molar-refractivity contribution is 5.67. The van der Waals surface area contributed by atoms with Crippen LogP contribution >= 0.6 is 0 Å². The maximum Gasteiger partial charge on any atom is 0.407 e. The summed E-state index contributed by atoms with van der Waals surface area (Å²) in [5.41, 5.74) is -0.411. The molecule has 3 rings (SSSR count). The second kappa shape index (κ2) is 4.12. The average molecular weight is 253 g/mol. The fourth-order valence-corrected chi connectivity index (χ4v) is 3.74. The highest BCUT2D eigenvalue weighted by atomic mass is 16.6. The Morgan fingerprint density at radius 3 is 2.72 bits per heavy atom. The predicted octanol–water partition coefficient (Wildman–Crippen LogP) is 2.32. The third-order valence-electron chi connectivity index (χ3n) is 4.42. The predicted molar refractivity (Wildman–Crippen MR) is 67.2 cm³/mol. The monoisotopic (exact) mass is 253 g/mol. The molecule has 102 valence electrons. The lowest BCUT2D eigenvalue weighted by Crippen LogP contribution is -2.34. The van der Waals surface area contributed by atoms with Gasteiger partial charge in [0, 0.05) is 6.54 Å². The van der Waals surface area contributed by atoms with Gasteiger partial charge in [0.05, 0.1) is 12.2 Å². The Hall–Kier alpha value is -0.770. The van der Waals surface area contributed by atoms with E-state index in [4.69, 9.17) is 9.47 Å². The summed E-state index contributed by atoms with van der Waals surface area (Å²) in [5.74, 6) is 2.32. The standard InChI is InChI=1S/C14H23NO3/c1-14(2,3)18-13(16)15-5-4-8-6-9-7-10(8)12-11(9)17-12/h8-12H,4-7H2,1-3H3,(H,15,16)/t8-,9-,10+,11?,12?/m0/s1. The number of hydrogen-bond acceptors (Lipinski definition) is 3. The van der Waals surface area contributed by atoms with Crippen molar-refractivity contribution in [3.05, 3.63) is 0 Å². The summed E-state index contributed by atoms with van der Waals surface area (Å²) in [7, 11) is 0. The summed E-state index contributed by atoms with van der Waals surface area (Å²) in [5, 5.41) is 2.85. The van der Waals surface area contributed by atoms with Crippen LogP contribution in [0.5, 0.6) is 0 Å². The maximum atomic E-state index is 11.5. The van der Waals surface area contributed by atoms with Gasteiger partial charge in [-0.15, -0.1) is 0 Å². The van der Waals surface area contributed by atoms with E-state index >= 15 is 0 Å². The van der Waals surface area contributed by atoms with Crippen molar-refractivity contribution in [3.63, 3.8) is 0 Å². The Bertz CT molecular complexity index is 349. The molecule has 3 aliphatic rings. The van der Waals surface area contributed by atoms with Crippen LogP contribution in [0.2, 0.25) is 0 Å². The second-order valence-electron chi connectivity index (χ2n) is 6.94. The number of alkyl carbamates (subject to hydrolysis) is 1. The largest absolute Gasteiger partial charge is 0.444 e. The van der Waals surface area contributed by atoms with Crippen LogP contribution in [0.3, 0.4) is 0 Å². The lowest BCUT2D eigenvalue weighted by molar-refractivity contribution is 0.0523. The molecule has 0 radical (unpaired) electrons. The molecule has 1 amide bonds. The van der Waals surface area contributed by atoms with E-state index in [1.807, 2.05) is 20.8 Å². The lowest BCUT2D eigenvalue weighted by Gasteiger charge is -2.22. The summed E-state index contributed by atoms with van der Waals surface area (Å²) < 4.78 is 10.9. The molecule has 2 bridgehead atoms. The molecule has 4 heteroatoms. The van der Waals surface area contributed by atoms with Crippen molar-refractivity contribution in [2.24, 2.45) is 17.8 Å². The van der Waals surface area contributed by atoms with Gasteiger partial charge in [0.25, 0.3) is 0 Å². The van der Waals surface area contributed by atoms with Gasteiger partial charge in [-0.1, -0.05) is 0 Å². The highest BCUT2D eigenvalue weighted by Gasteiger charge is 2.62. The Kier molecular flexibility index (Phi) is 2.81. The third-order valence-corrected chi connectivity index (χ3v) is 4.42. The van der Waals surface area contributed by atoms with Crippen molar-refractivity contribution in [1.82, 2.24) is 5.32 Å². The molecule has 2 saturated carbocycles. The van der Waals surface area contributed by atoms with E-state index in [2.05, 4.69) is 5.32 Å². The molecule has 5 atom stereocenters.